The predicted octanol–water partition coefficient (Wildman–Crippen LogP) is 1.90. The number of hydrogen-bond acceptors (Lipinski definition) is 1. The van der Waals surface area contributed by atoms with E-state index in [-0.39, 0.29) is 5.84 Å². The van der Waals surface area contributed by atoms with Crippen molar-refractivity contribution in [3.8, 4) is 0 Å². The second kappa shape index (κ2) is 2.97. The molecular formula is C10H14N2. The highest BCUT2D eigenvalue weighted by Gasteiger charge is 2.04. The molecule has 0 bridgehead atoms. The topological polar surface area (TPSA) is 49.9 Å². The summed E-state index contributed by atoms with van der Waals surface area (Å²) in [7, 11) is 0. The number of hydrogen-bond donors (Lipinski definition) is 2. The normalized spacial score (nSPS) is 9.92. The number of nitrogens with one attached hydrogen (secondary N) is 1. The molecule has 0 aliphatic heterocycles. The second-order valence-corrected chi connectivity index (χ2v) is 3.09. The average Bonchev–Trinajstić information content (AvgIpc) is 2.00. The van der Waals surface area contributed by atoms with Crippen LogP contribution in [-0.2, 0) is 0 Å². The molecule has 0 atom stereocenters. The molecule has 1 aromatic carbocycles. The zero-order valence-electron chi connectivity index (χ0n) is 7.73. The molecule has 1 aromatic rings. The second-order valence-electron chi connectivity index (χ2n) is 3.09. The Bertz CT molecular complexity index is 327. The van der Waals surface area contributed by atoms with Crippen molar-refractivity contribution >= 4 is 5.84 Å². The van der Waals surface area contributed by atoms with Gasteiger partial charge in [-0.25, -0.2) is 0 Å². The van der Waals surface area contributed by atoms with Gasteiger partial charge in [0.1, 0.15) is 5.84 Å². The van der Waals surface area contributed by atoms with Crippen molar-refractivity contribution in [1.82, 2.24) is 0 Å². The summed E-state index contributed by atoms with van der Waals surface area (Å²) in [5, 5.41) is 7.32. The van der Waals surface area contributed by atoms with Crippen molar-refractivity contribution in [2.24, 2.45) is 5.73 Å². The summed E-state index contributed by atoms with van der Waals surface area (Å²) in [6.45, 7) is 6.11. The van der Waals surface area contributed by atoms with Crippen LogP contribution in [0.3, 0.4) is 0 Å². The van der Waals surface area contributed by atoms with Gasteiger partial charge < -0.3 is 5.73 Å². The van der Waals surface area contributed by atoms with Crippen LogP contribution in [0.1, 0.15) is 22.3 Å². The molecule has 0 heterocycles. The summed E-state index contributed by atoms with van der Waals surface area (Å²) in [5.74, 6) is 0.149. The highest BCUT2D eigenvalue weighted by Crippen LogP contribution is 2.16. The fourth-order valence-corrected chi connectivity index (χ4v) is 1.25. The summed E-state index contributed by atoms with van der Waals surface area (Å²) in [5.41, 5.74) is 9.85. The van der Waals surface area contributed by atoms with E-state index in [1.807, 2.05) is 19.1 Å². The van der Waals surface area contributed by atoms with E-state index >= 15 is 0 Å². The maximum Gasteiger partial charge on any atom is 0.123 e. The van der Waals surface area contributed by atoms with Crippen molar-refractivity contribution < 1.29 is 0 Å². The molecule has 0 saturated carbocycles. The fourth-order valence-electron chi connectivity index (χ4n) is 1.25. The van der Waals surface area contributed by atoms with Gasteiger partial charge in [0.15, 0.2) is 0 Å². The summed E-state index contributed by atoms with van der Waals surface area (Å²) < 4.78 is 0. The molecule has 0 saturated heterocycles. The highest BCUT2D eigenvalue weighted by molar-refractivity contribution is 5.96. The van der Waals surface area contributed by atoms with E-state index in [4.69, 9.17) is 11.1 Å². The van der Waals surface area contributed by atoms with Crippen LogP contribution in [0.25, 0.3) is 0 Å². The molecule has 2 heteroatoms. The van der Waals surface area contributed by atoms with Gasteiger partial charge in [-0.1, -0.05) is 12.1 Å². The Balaban J connectivity index is 3.36. The summed E-state index contributed by atoms with van der Waals surface area (Å²) >= 11 is 0. The van der Waals surface area contributed by atoms with Gasteiger partial charge in [-0.05, 0) is 37.5 Å². The van der Waals surface area contributed by atoms with Crippen LogP contribution in [-0.4, -0.2) is 5.84 Å². The number of nitrogens with two attached hydrogens (primary N) is 1. The van der Waals surface area contributed by atoms with Gasteiger partial charge in [-0.3, -0.25) is 5.41 Å². The molecule has 0 unspecified atom stereocenters. The van der Waals surface area contributed by atoms with E-state index in [9.17, 15) is 0 Å². The Kier molecular flexibility index (Phi) is 2.18. The number of benzene rings is 1. The third-order valence-electron chi connectivity index (χ3n) is 2.35. The minimum Gasteiger partial charge on any atom is -0.384 e. The molecule has 2 nitrogen and oxygen atoms in total. The van der Waals surface area contributed by atoms with Gasteiger partial charge in [0.05, 0.1) is 0 Å². The maximum atomic E-state index is 7.32. The lowest BCUT2D eigenvalue weighted by molar-refractivity contribution is 1.24. The molecule has 0 amide bonds. The lowest BCUT2D eigenvalue weighted by atomic mass is 9.98. The van der Waals surface area contributed by atoms with Gasteiger partial charge in [0.25, 0.3) is 0 Å². The van der Waals surface area contributed by atoms with Crippen molar-refractivity contribution in [2.45, 2.75) is 20.8 Å². The number of aryl methyl sites for hydroxylation is 1. The van der Waals surface area contributed by atoms with Crippen LogP contribution in [0.2, 0.25) is 0 Å². The van der Waals surface area contributed by atoms with E-state index in [2.05, 4.69) is 13.8 Å². The standard InChI is InChI=1S/C10H14N2/c1-6-4-5-9(10(11)12)8(3)7(6)2/h4-5H,1-3H3,(H3,11,12). The van der Waals surface area contributed by atoms with Crippen LogP contribution in [0.5, 0.6) is 0 Å². The monoisotopic (exact) mass is 162 g/mol. The first kappa shape index (κ1) is 8.78. The van der Waals surface area contributed by atoms with E-state index in [1.165, 1.54) is 11.1 Å². The molecule has 0 aromatic heterocycles. The largest absolute Gasteiger partial charge is 0.384 e. The predicted molar refractivity (Wildman–Crippen MR) is 51.7 cm³/mol. The lowest BCUT2D eigenvalue weighted by Crippen LogP contribution is -2.13. The van der Waals surface area contributed by atoms with E-state index in [1.54, 1.807) is 0 Å². The zero-order chi connectivity index (χ0) is 9.30. The Morgan fingerprint density at radius 2 is 1.75 bits per heavy atom. The molecule has 12 heavy (non-hydrogen) atoms. The molecule has 0 fully saturated rings. The number of amidine groups is 1. The smallest absolute Gasteiger partial charge is 0.123 e. The van der Waals surface area contributed by atoms with Crippen LogP contribution < -0.4 is 5.73 Å². The molecule has 3 N–H and O–H groups in total. The molecule has 1 rings (SSSR count). The Hall–Kier alpha value is -1.31. The van der Waals surface area contributed by atoms with Crippen molar-refractivity contribution in [3.63, 3.8) is 0 Å². The minimum absolute atomic E-state index is 0.149. The van der Waals surface area contributed by atoms with Crippen LogP contribution in [0, 0.1) is 26.2 Å². The van der Waals surface area contributed by atoms with Gasteiger partial charge in [0.2, 0.25) is 0 Å². The molecule has 0 aliphatic rings. The third-order valence-corrected chi connectivity index (χ3v) is 2.35. The van der Waals surface area contributed by atoms with E-state index in [0.29, 0.717) is 0 Å². The Morgan fingerprint density at radius 1 is 1.17 bits per heavy atom. The number of nitrogen functional groups attached to an aromatic ring is 1. The van der Waals surface area contributed by atoms with Crippen molar-refractivity contribution in [1.29, 1.82) is 5.41 Å². The van der Waals surface area contributed by atoms with Crippen LogP contribution >= 0.6 is 0 Å². The van der Waals surface area contributed by atoms with Crippen LogP contribution in [0.4, 0.5) is 0 Å². The van der Waals surface area contributed by atoms with E-state index in [0.717, 1.165) is 11.1 Å². The maximum absolute atomic E-state index is 7.32. The third kappa shape index (κ3) is 1.33. The summed E-state index contributed by atoms with van der Waals surface area (Å²) in [4.78, 5) is 0. The molecule has 64 valence electrons. The molecule has 0 spiro atoms. The molecule has 0 aliphatic carbocycles. The van der Waals surface area contributed by atoms with Gasteiger partial charge in [-0.15, -0.1) is 0 Å². The van der Waals surface area contributed by atoms with Gasteiger partial charge in [0, 0.05) is 5.56 Å². The summed E-state index contributed by atoms with van der Waals surface area (Å²) in [6, 6.07) is 3.90. The quantitative estimate of drug-likeness (QED) is 0.481. The first-order chi connectivity index (χ1) is 5.54. The Labute approximate surface area is 72.9 Å². The SMILES string of the molecule is Cc1ccc(C(=N)N)c(C)c1C. The first-order valence-corrected chi connectivity index (χ1v) is 3.95. The molecule has 0 radical (unpaired) electrons. The zero-order valence-corrected chi connectivity index (χ0v) is 7.73. The average molecular weight is 162 g/mol. The molecular weight excluding hydrogens is 148 g/mol. The fraction of sp³-hybridized carbons (Fsp3) is 0.300. The van der Waals surface area contributed by atoms with Gasteiger partial charge >= 0.3 is 0 Å². The van der Waals surface area contributed by atoms with E-state index < -0.39 is 0 Å². The highest BCUT2D eigenvalue weighted by atomic mass is 14.7. The Morgan fingerprint density at radius 3 is 2.25 bits per heavy atom. The van der Waals surface area contributed by atoms with Crippen molar-refractivity contribution in [3.05, 3.63) is 34.4 Å². The van der Waals surface area contributed by atoms with Crippen LogP contribution in [0.15, 0.2) is 12.1 Å². The minimum atomic E-state index is 0.149. The van der Waals surface area contributed by atoms with Gasteiger partial charge in [-0.2, -0.15) is 0 Å². The summed E-state index contributed by atoms with van der Waals surface area (Å²) in [6.07, 6.45) is 0. The first-order valence-electron chi connectivity index (χ1n) is 3.95. The number of rotatable bonds is 1. The lowest BCUT2D eigenvalue weighted by Gasteiger charge is -2.09. The van der Waals surface area contributed by atoms with Crippen molar-refractivity contribution in [2.75, 3.05) is 0 Å².